The standard InChI is InChI=1S/C19H26N2O4S/c1-5-19(6-2,7-3)20-18(22)17-14-16(9-8-15(17)4)26(23,24)21-10-12-25-13-11-21/h1,8-9,14H,6-7,10-13H2,2-4H3,(H,20,22). The van der Waals surface area contributed by atoms with Crippen molar-refractivity contribution in [3.63, 3.8) is 0 Å². The van der Waals surface area contributed by atoms with Crippen molar-refractivity contribution in [1.82, 2.24) is 9.62 Å². The minimum absolute atomic E-state index is 0.106. The minimum Gasteiger partial charge on any atom is -0.379 e. The topological polar surface area (TPSA) is 75.7 Å². The van der Waals surface area contributed by atoms with Crippen LogP contribution in [0.15, 0.2) is 23.1 Å². The van der Waals surface area contributed by atoms with Crippen molar-refractivity contribution in [2.75, 3.05) is 26.3 Å². The molecule has 0 radical (unpaired) electrons. The average molecular weight is 378 g/mol. The number of morpholine rings is 1. The third-order valence-corrected chi connectivity index (χ3v) is 6.79. The molecule has 1 aromatic carbocycles. The summed E-state index contributed by atoms with van der Waals surface area (Å²) in [4.78, 5) is 12.9. The number of nitrogens with one attached hydrogen (secondary N) is 1. The molecule has 1 aliphatic heterocycles. The van der Waals surface area contributed by atoms with Crippen molar-refractivity contribution in [3.05, 3.63) is 29.3 Å². The number of terminal acetylenes is 1. The summed E-state index contributed by atoms with van der Waals surface area (Å²) >= 11 is 0. The number of aryl methyl sites for hydroxylation is 1. The molecule has 1 aromatic rings. The summed E-state index contributed by atoms with van der Waals surface area (Å²) in [6.45, 7) is 6.96. The number of hydrogen-bond donors (Lipinski definition) is 1. The number of benzene rings is 1. The lowest BCUT2D eigenvalue weighted by atomic mass is 9.93. The predicted molar refractivity (Wildman–Crippen MR) is 100 cm³/mol. The average Bonchev–Trinajstić information content (AvgIpc) is 2.67. The molecule has 1 N–H and O–H groups in total. The lowest BCUT2D eigenvalue weighted by Crippen LogP contribution is -2.46. The van der Waals surface area contributed by atoms with Gasteiger partial charge in [-0.25, -0.2) is 8.42 Å². The quantitative estimate of drug-likeness (QED) is 0.768. The maximum absolute atomic E-state index is 12.8. The monoisotopic (exact) mass is 378 g/mol. The summed E-state index contributed by atoms with van der Waals surface area (Å²) < 4.78 is 32.3. The predicted octanol–water partition coefficient (Wildman–Crippen LogP) is 1.94. The third kappa shape index (κ3) is 4.09. The highest BCUT2D eigenvalue weighted by molar-refractivity contribution is 7.89. The van der Waals surface area contributed by atoms with Gasteiger partial charge in [0.1, 0.15) is 5.54 Å². The Hall–Kier alpha value is -1.88. The van der Waals surface area contributed by atoms with Crippen LogP contribution in [0.3, 0.4) is 0 Å². The van der Waals surface area contributed by atoms with Crippen molar-refractivity contribution in [2.45, 2.75) is 44.0 Å². The molecule has 1 heterocycles. The summed E-state index contributed by atoms with van der Waals surface area (Å²) in [5.74, 6) is 2.30. The van der Waals surface area contributed by atoms with E-state index in [-0.39, 0.29) is 10.8 Å². The number of carbonyl (C=O) groups is 1. The first-order valence-electron chi connectivity index (χ1n) is 8.78. The highest BCUT2D eigenvalue weighted by Crippen LogP contribution is 2.22. The fraction of sp³-hybridized carbons (Fsp3) is 0.526. The normalized spacial score (nSPS) is 16.1. The number of ether oxygens (including phenoxy) is 1. The van der Waals surface area contributed by atoms with Crippen molar-refractivity contribution in [3.8, 4) is 12.3 Å². The first kappa shape index (κ1) is 20.4. The molecule has 0 aromatic heterocycles. The maximum Gasteiger partial charge on any atom is 0.252 e. The molecule has 6 nitrogen and oxygen atoms in total. The fourth-order valence-electron chi connectivity index (χ4n) is 2.89. The van der Waals surface area contributed by atoms with E-state index in [2.05, 4.69) is 11.2 Å². The van der Waals surface area contributed by atoms with Crippen LogP contribution in [0.5, 0.6) is 0 Å². The van der Waals surface area contributed by atoms with Crippen LogP contribution in [0.1, 0.15) is 42.6 Å². The molecule has 2 rings (SSSR count). The Bertz CT molecular complexity index is 801. The van der Waals surface area contributed by atoms with E-state index in [4.69, 9.17) is 11.2 Å². The van der Waals surface area contributed by atoms with E-state index in [1.54, 1.807) is 13.0 Å². The largest absolute Gasteiger partial charge is 0.379 e. The van der Waals surface area contributed by atoms with E-state index in [0.717, 1.165) is 0 Å². The molecule has 1 saturated heterocycles. The van der Waals surface area contributed by atoms with Crippen LogP contribution >= 0.6 is 0 Å². The first-order valence-corrected chi connectivity index (χ1v) is 10.2. The first-order chi connectivity index (χ1) is 12.3. The lowest BCUT2D eigenvalue weighted by molar-refractivity contribution is 0.0730. The van der Waals surface area contributed by atoms with Crippen molar-refractivity contribution in [2.24, 2.45) is 0 Å². The number of amides is 1. The van der Waals surface area contributed by atoms with Crippen LogP contribution in [-0.4, -0.2) is 50.5 Å². The van der Waals surface area contributed by atoms with E-state index in [1.807, 2.05) is 13.8 Å². The second-order valence-corrected chi connectivity index (χ2v) is 8.32. The Morgan fingerprint density at radius 1 is 1.31 bits per heavy atom. The summed E-state index contributed by atoms with van der Waals surface area (Å²) in [5.41, 5.74) is 0.283. The van der Waals surface area contributed by atoms with Gasteiger partial charge in [0.25, 0.3) is 5.91 Å². The van der Waals surface area contributed by atoms with Gasteiger partial charge < -0.3 is 10.1 Å². The van der Waals surface area contributed by atoms with Crippen molar-refractivity contribution >= 4 is 15.9 Å². The zero-order valence-corrected chi connectivity index (χ0v) is 16.4. The van der Waals surface area contributed by atoms with Gasteiger partial charge in [-0.3, -0.25) is 4.79 Å². The number of sulfonamides is 1. The molecule has 1 aliphatic rings. The molecule has 26 heavy (non-hydrogen) atoms. The number of nitrogens with zero attached hydrogens (tertiary/aromatic N) is 1. The highest BCUT2D eigenvalue weighted by atomic mass is 32.2. The minimum atomic E-state index is -3.66. The Morgan fingerprint density at radius 2 is 1.92 bits per heavy atom. The lowest BCUT2D eigenvalue weighted by Gasteiger charge is -2.28. The van der Waals surface area contributed by atoms with Crippen LogP contribution in [0.25, 0.3) is 0 Å². The van der Waals surface area contributed by atoms with Gasteiger partial charge in [-0.1, -0.05) is 25.8 Å². The molecule has 0 saturated carbocycles. The molecule has 0 atom stereocenters. The summed E-state index contributed by atoms with van der Waals surface area (Å²) in [6.07, 6.45) is 6.80. The Kier molecular flexibility index (Phi) is 6.45. The van der Waals surface area contributed by atoms with E-state index < -0.39 is 15.6 Å². The van der Waals surface area contributed by atoms with Gasteiger partial charge in [-0.15, -0.1) is 6.42 Å². The number of rotatable bonds is 6. The van der Waals surface area contributed by atoms with Gasteiger partial charge in [0.2, 0.25) is 10.0 Å². The molecule has 7 heteroatoms. The number of hydrogen-bond acceptors (Lipinski definition) is 4. The Labute approximate surface area is 156 Å². The summed E-state index contributed by atoms with van der Waals surface area (Å²) in [6, 6.07) is 4.62. The van der Waals surface area contributed by atoms with Gasteiger partial charge in [0.05, 0.1) is 18.1 Å². The van der Waals surface area contributed by atoms with Gasteiger partial charge in [0, 0.05) is 18.7 Å². The number of carbonyl (C=O) groups excluding carboxylic acids is 1. The van der Waals surface area contributed by atoms with E-state index in [9.17, 15) is 13.2 Å². The molecule has 142 valence electrons. The highest BCUT2D eigenvalue weighted by Gasteiger charge is 2.29. The van der Waals surface area contributed by atoms with E-state index in [0.29, 0.717) is 50.3 Å². The Morgan fingerprint density at radius 3 is 2.46 bits per heavy atom. The molecule has 0 bridgehead atoms. The zero-order valence-electron chi connectivity index (χ0n) is 15.5. The van der Waals surface area contributed by atoms with Crippen LogP contribution < -0.4 is 5.32 Å². The van der Waals surface area contributed by atoms with Crippen LogP contribution in [0.4, 0.5) is 0 Å². The molecule has 1 amide bonds. The summed E-state index contributed by atoms with van der Waals surface area (Å²) in [5, 5.41) is 2.89. The van der Waals surface area contributed by atoms with E-state index in [1.165, 1.54) is 16.4 Å². The van der Waals surface area contributed by atoms with Crippen LogP contribution in [-0.2, 0) is 14.8 Å². The summed E-state index contributed by atoms with van der Waals surface area (Å²) in [7, 11) is -3.66. The van der Waals surface area contributed by atoms with Crippen LogP contribution in [0.2, 0.25) is 0 Å². The molecular formula is C19H26N2O4S. The second-order valence-electron chi connectivity index (χ2n) is 6.38. The molecule has 1 fully saturated rings. The van der Waals surface area contributed by atoms with Crippen molar-refractivity contribution < 1.29 is 17.9 Å². The maximum atomic E-state index is 12.8. The molecule has 0 aliphatic carbocycles. The Balaban J connectivity index is 2.35. The zero-order chi connectivity index (χ0) is 19.4. The second kappa shape index (κ2) is 8.21. The van der Waals surface area contributed by atoms with Gasteiger partial charge in [0.15, 0.2) is 0 Å². The molecular weight excluding hydrogens is 352 g/mol. The smallest absolute Gasteiger partial charge is 0.252 e. The molecule has 0 spiro atoms. The van der Waals surface area contributed by atoms with Gasteiger partial charge in [-0.2, -0.15) is 4.31 Å². The third-order valence-electron chi connectivity index (χ3n) is 4.90. The fourth-order valence-corrected chi connectivity index (χ4v) is 4.33. The molecule has 0 unspecified atom stereocenters. The van der Waals surface area contributed by atoms with Gasteiger partial charge in [-0.05, 0) is 37.5 Å². The van der Waals surface area contributed by atoms with Gasteiger partial charge >= 0.3 is 0 Å². The SMILES string of the molecule is C#CC(CC)(CC)NC(=O)c1cc(S(=O)(=O)N2CCOCC2)ccc1C. The van der Waals surface area contributed by atoms with E-state index >= 15 is 0 Å². The van der Waals surface area contributed by atoms with Crippen molar-refractivity contribution in [1.29, 1.82) is 0 Å². The van der Waals surface area contributed by atoms with Crippen LogP contribution in [0, 0.1) is 19.3 Å².